The van der Waals surface area contributed by atoms with Crippen molar-refractivity contribution in [1.29, 1.82) is 0 Å². The standard InChI is InChI=1S/C16H26N2O/c1-19-16-8-6-15(7-9-16)14-17-10-2-3-11-18-12-4-5-13-18/h6-9,17H,2-5,10-14H2,1H3. The van der Waals surface area contributed by atoms with Crippen LogP contribution in [0.1, 0.15) is 31.2 Å². The van der Waals surface area contributed by atoms with Gasteiger partial charge in [0.05, 0.1) is 7.11 Å². The van der Waals surface area contributed by atoms with Crippen LogP contribution in [-0.2, 0) is 6.54 Å². The van der Waals surface area contributed by atoms with Gasteiger partial charge in [-0.2, -0.15) is 0 Å². The largest absolute Gasteiger partial charge is 0.497 e. The molecule has 1 aliphatic heterocycles. The highest BCUT2D eigenvalue weighted by molar-refractivity contribution is 5.26. The van der Waals surface area contributed by atoms with E-state index in [4.69, 9.17) is 4.74 Å². The lowest BCUT2D eigenvalue weighted by atomic mass is 10.2. The van der Waals surface area contributed by atoms with E-state index in [-0.39, 0.29) is 0 Å². The number of hydrogen-bond acceptors (Lipinski definition) is 3. The number of hydrogen-bond donors (Lipinski definition) is 1. The third kappa shape index (κ3) is 5.21. The third-order valence-corrected chi connectivity index (χ3v) is 3.76. The van der Waals surface area contributed by atoms with E-state index in [1.54, 1.807) is 7.11 Å². The van der Waals surface area contributed by atoms with E-state index in [9.17, 15) is 0 Å². The molecule has 19 heavy (non-hydrogen) atoms. The Morgan fingerprint density at radius 1 is 1.11 bits per heavy atom. The minimum atomic E-state index is 0.925. The lowest BCUT2D eigenvalue weighted by molar-refractivity contribution is 0.329. The van der Waals surface area contributed by atoms with E-state index in [0.717, 1.165) is 18.8 Å². The Balaban J connectivity index is 1.51. The molecule has 0 amide bonds. The molecule has 0 radical (unpaired) electrons. The number of ether oxygens (including phenoxy) is 1. The predicted octanol–water partition coefficient (Wildman–Crippen LogP) is 2.66. The summed E-state index contributed by atoms with van der Waals surface area (Å²) in [6.07, 6.45) is 5.38. The fraction of sp³-hybridized carbons (Fsp3) is 0.625. The zero-order chi connectivity index (χ0) is 13.3. The van der Waals surface area contributed by atoms with Crippen molar-refractivity contribution in [3.05, 3.63) is 29.8 Å². The van der Waals surface area contributed by atoms with Gasteiger partial charge in [0.1, 0.15) is 5.75 Å². The number of likely N-dealkylation sites (tertiary alicyclic amines) is 1. The van der Waals surface area contributed by atoms with Gasteiger partial charge in [0.25, 0.3) is 0 Å². The molecule has 3 nitrogen and oxygen atoms in total. The van der Waals surface area contributed by atoms with Gasteiger partial charge >= 0.3 is 0 Å². The molecule has 1 heterocycles. The van der Waals surface area contributed by atoms with Crippen molar-refractivity contribution in [2.24, 2.45) is 0 Å². The van der Waals surface area contributed by atoms with E-state index in [0.29, 0.717) is 0 Å². The molecule has 0 bridgehead atoms. The van der Waals surface area contributed by atoms with Crippen molar-refractivity contribution in [3.63, 3.8) is 0 Å². The van der Waals surface area contributed by atoms with Crippen LogP contribution in [0.5, 0.6) is 5.75 Å². The lowest BCUT2D eigenvalue weighted by Gasteiger charge is -2.14. The first kappa shape index (κ1) is 14.4. The maximum Gasteiger partial charge on any atom is 0.118 e. The molecule has 0 aliphatic carbocycles. The minimum Gasteiger partial charge on any atom is -0.497 e. The number of nitrogens with one attached hydrogen (secondary N) is 1. The van der Waals surface area contributed by atoms with E-state index in [2.05, 4.69) is 22.3 Å². The van der Waals surface area contributed by atoms with Crippen molar-refractivity contribution in [2.75, 3.05) is 33.3 Å². The van der Waals surface area contributed by atoms with Crippen LogP contribution in [0.15, 0.2) is 24.3 Å². The normalized spacial score (nSPS) is 15.8. The summed E-state index contributed by atoms with van der Waals surface area (Å²) in [5.74, 6) is 0.925. The highest BCUT2D eigenvalue weighted by Crippen LogP contribution is 2.11. The average Bonchev–Trinajstić information content (AvgIpc) is 2.96. The topological polar surface area (TPSA) is 24.5 Å². The van der Waals surface area contributed by atoms with Crippen LogP contribution in [0.25, 0.3) is 0 Å². The van der Waals surface area contributed by atoms with Crippen LogP contribution < -0.4 is 10.1 Å². The first-order chi connectivity index (χ1) is 9.38. The van der Waals surface area contributed by atoms with E-state index in [1.165, 1.54) is 50.9 Å². The Bertz CT molecular complexity index is 344. The van der Waals surface area contributed by atoms with E-state index < -0.39 is 0 Å². The van der Waals surface area contributed by atoms with Crippen LogP contribution in [0.3, 0.4) is 0 Å². The summed E-state index contributed by atoms with van der Waals surface area (Å²) >= 11 is 0. The Labute approximate surface area is 116 Å². The number of methoxy groups -OCH3 is 1. The fourth-order valence-corrected chi connectivity index (χ4v) is 2.57. The number of unbranched alkanes of at least 4 members (excludes halogenated alkanes) is 1. The first-order valence-electron chi connectivity index (χ1n) is 7.44. The molecular weight excluding hydrogens is 236 g/mol. The molecule has 0 aromatic heterocycles. The van der Waals surface area contributed by atoms with E-state index in [1.807, 2.05) is 12.1 Å². The molecule has 1 aromatic rings. The van der Waals surface area contributed by atoms with Gasteiger partial charge in [0, 0.05) is 6.54 Å². The molecule has 1 saturated heterocycles. The molecule has 0 saturated carbocycles. The number of benzene rings is 1. The van der Waals surface area contributed by atoms with E-state index >= 15 is 0 Å². The quantitative estimate of drug-likeness (QED) is 0.729. The van der Waals surface area contributed by atoms with Crippen LogP contribution in [-0.4, -0.2) is 38.2 Å². The van der Waals surface area contributed by atoms with Gasteiger partial charge in [0.2, 0.25) is 0 Å². The molecule has 2 rings (SSSR count). The Hall–Kier alpha value is -1.06. The lowest BCUT2D eigenvalue weighted by Crippen LogP contribution is -2.22. The van der Waals surface area contributed by atoms with Crippen molar-refractivity contribution in [1.82, 2.24) is 10.2 Å². The molecule has 1 aromatic carbocycles. The summed E-state index contributed by atoms with van der Waals surface area (Å²) in [5, 5.41) is 3.51. The summed E-state index contributed by atoms with van der Waals surface area (Å²) in [6.45, 7) is 5.98. The molecule has 0 unspecified atom stereocenters. The van der Waals surface area contributed by atoms with Crippen molar-refractivity contribution in [2.45, 2.75) is 32.2 Å². The van der Waals surface area contributed by atoms with Gasteiger partial charge < -0.3 is 15.0 Å². The highest BCUT2D eigenvalue weighted by Gasteiger charge is 2.09. The maximum absolute atomic E-state index is 5.15. The predicted molar refractivity (Wildman–Crippen MR) is 79.6 cm³/mol. The fourth-order valence-electron chi connectivity index (χ4n) is 2.57. The zero-order valence-corrected chi connectivity index (χ0v) is 12.0. The van der Waals surface area contributed by atoms with Gasteiger partial charge in [-0.25, -0.2) is 0 Å². The SMILES string of the molecule is COc1ccc(CNCCCCN2CCCC2)cc1. The van der Waals surface area contributed by atoms with Crippen LogP contribution in [0.4, 0.5) is 0 Å². The molecule has 1 aliphatic rings. The zero-order valence-electron chi connectivity index (χ0n) is 12.0. The van der Waals surface area contributed by atoms with Crippen LogP contribution >= 0.6 is 0 Å². The van der Waals surface area contributed by atoms with Gasteiger partial charge in [-0.1, -0.05) is 12.1 Å². The Morgan fingerprint density at radius 2 is 1.84 bits per heavy atom. The smallest absolute Gasteiger partial charge is 0.118 e. The summed E-state index contributed by atoms with van der Waals surface area (Å²) in [5.41, 5.74) is 1.32. The minimum absolute atomic E-state index is 0.925. The third-order valence-electron chi connectivity index (χ3n) is 3.76. The molecular formula is C16H26N2O. The summed E-state index contributed by atoms with van der Waals surface area (Å²) in [7, 11) is 1.70. The first-order valence-corrected chi connectivity index (χ1v) is 7.44. The van der Waals surface area contributed by atoms with Gasteiger partial charge in [-0.15, -0.1) is 0 Å². The molecule has 3 heteroatoms. The van der Waals surface area contributed by atoms with Gasteiger partial charge in [-0.05, 0) is 69.6 Å². The maximum atomic E-state index is 5.15. The monoisotopic (exact) mass is 262 g/mol. The molecule has 106 valence electrons. The molecule has 1 fully saturated rings. The van der Waals surface area contributed by atoms with Gasteiger partial charge in [-0.3, -0.25) is 0 Å². The molecule has 0 atom stereocenters. The van der Waals surface area contributed by atoms with Crippen LogP contribution in [0.2, 0.25) is 0 Å². The van der Waals surface area contributed by atoms with Crippen molar-refractivity contribution >= 4 is 0 Å². The Morgan fingerprint density at radius 3 is 2.53 bits per heavy atom. The summed E-state index contributed by atoms with van der Waals surface area (Å²) < 4.78 is 5.15. The van der Waals surface area contributed by atoms with Crippen LogP contribution in [0, 0.1) is 0 Å². The highest BCUT2D eigenvalue weighted by atomic mass is 16.5. The van der Waals surface area contributed by atoms with Crippen molar-refractivity contribution in [3.8, 4) is 5.75 Å². The number of rotatable bonds is 8. The number of nitrogens with zero attached hydrogens (tertiary/aromatic N) is 1. The van der Waals surface area contributed by atoms with Crippen molar-refractivity contribution < 1.29 is 4.74 Å². The Kier molecular flexibility index (Phi) is 6.18. The second-order valence-corrected chi connectivity index (χ2v) is 5.28. The summed E-state index contributed by atoms with van der Waals surface area (Å²) in [4.78, 5) is 2.59. The second kappa shape index (κ2) is 8.18. The molecule has 0 spiro atoms. The second-order valence-electron chi connectivity index (χ2n) is 5.28. The average molecular weight is 262 g/mol. The summed E-state index contributed by atoms with van der Waals surface area (Å²) in [6, 6.07) is 8.28. The molecule has 1 N–H and O–H groups in total. The van der Waals surface area contributed by atoms with Gasteiger partial charge in [0.15, 0.2) is 0 Å².